The topological polar surface area (TPSA) is 91.4 Å². The largest absolute Gasteiger partial charge is 0.491 e. The Balaban J connectivity index is 2.02. The molecule has 2 aromatic rings. The van der Waals surface area contributed by atoms with Gasteiger partial charge < -0.3 is 26.1 Å². The number of ether oxygens (including phenoxy) is 1. The molecule has 0 spiro atoms. The predicted molar refractivity (Wildman–Crippen MR) is 94.5 cm³/mol. The van der Waals surface area contributed by atoms with Crippen LogP contribution in [0.3, 0.4) is 0 Å². The lowest BCUT2D eigenvalue weighted by molar-refractivity contribution is 0.190. The van der Waals surface area contributed by atoms with Crippen LogP contribution in [0.2, 0.25) is 0 Å². The summed E-state index contributed by atoms with van der Waals surface area (Å²) in [6.45, 7) is 1.47. The molecule has 0 saturated heterocycles. The minimum Gasteiger partial charge on any atom is -0.491 e. The number of anilines is 1. The van der Waals surface area contributed by atoms with Crippen LogP contribution in [0.15, 0.2) is 36.4 Å². The van der Waals surface area contributed by atoms with Crippen LogP contribution in [0.5, 0.6) is 5.75 Å². The van der Waals surface area contributed by atoms with Crippen molar-refractivity contribution in [3.05, 3.63) is 47.5 Å². The maximum Gasteiger partial charge on any atom is 0.317 e. The van der Waals surface area contributed by atoms with E-state index in [2.05, 4.69) is 5.32 Å². The molecule has 1 aliphatic heterocycles. The molecule has 4 N–H and O–H groups in total. The second-order valence-electron chi connectivity index (χ2n) is 5.60. The maximum atomic E-state index is 11.9. The summed E-state index contributed by atoms with van der Waals surface area (Å²) < 4.78 is 5.75. The summed E-state index contributed by atoms with van der Waals surface area (Å²) in [4.78, 5) is 13.7. The van der Waals surface area contributed by atoms with Gasteiger partial charge in [-0.25, -0.2) is 4.79 Å². The van der Waals surface area contributed by atoms with E-state index in [1.807, 2.05) is 30.3 Å². The zero-order valence-electron chi connectivity index (χ0n) is 13.5. The van der Waals surface area contributed by atoms with Crippen molar-refractivity contribution >= 4 is 17.9 Å². The number of nitrogens with one attached hydrogen (secondary N) is 2. The van der Waals surface area contributed by atoms with Gasteiger partial charge >= 0.3 is 6.03 Å². The molecule has 24 heavy (non-hydrogen) atoms. The smallest absolute Gasteiger partial charge is 0.317 e. The molecule has 0 aliphatic carbocycles. The summed E-state index contributed by atoms with van der Waals surface area (Å²) in [6, 6.07) is 11.3. The first-order chi connectivity index (χ1) is 11.6. The predicted octanol–water partition coefficient (Wildman–Crippen LogP) is 2.47. The van der Waals surface area contributed by atoms with E-state index in [-0.39, 0.29) is 6.03 Å². The standard InChI is InChI=1S/C18H20N4O2/c1-21-18(23)22-7-8-24-17-6-5-12(9-13(17)11-22)14-3-2-4-16(20)15(14)10-19/h2-6,9-10,19H,7-8,11,20H2,1H3,(H,21,23). The molecule has 2 amide bonds. The van der Waals surface area contributed by atoms with Crippen molar-refractivity contribution in [2.75, 3.05) is 25.9 Å². The summed E-state index contributed by atoms with van der Waals surface area (Å²) in [5, 5.41) is 10.3. The molecule has 0 radical (unpaired) electrons. The number of urea groups is 1. The van der Waals surface area contributed by atoms with Gasteiger partial charge in [0, 0.05) is 30.1 Å². The van der Waals surface area contributed by atoms with Crippen LogP contribution in [0.25, 0.3) is 11.1 Å². The van der Waals surface area contributed by atoms with Crippen LogP contribution in [0, 0.1) is 5.41 Å². The number of amides is 2. The van der Waals surface area contributed by atoms with E-state index in [0.717, 1.165) is 22.4 Å². The summed E-state index contributed by atoms with van der Waals surface area (Å²) in [7, 11) is 1.62. The van der Waals surface area contributed by atoms with Crippen LogP contribution >= 0.6 is 0 Å². The van der Waals surface area contributed by atoms with Crippen molar-refractivity contribution in [1.82, 2.24) is 10.2 Å². The number of carbonyl (C=O) groups is 1. The van der Waals surface area contributed by atoms with Crippen molar-refractivity contribution in [3.63, 3.8) is 0 Å². The van der Waals surface area contributed by atoms with E-state index in [1.165, 1.54) is 6.21 Å². The van der Waals surface area contributed by atoms with Gasteiger partial charge in [0.2, 0.25) is 0 Å². The van der Waals surface area contributed by atoms with Crippen LogP contribution < -0.4 is 15.8 Å². The van der Waals surface area contributed by atoms with Crippen LogP contribution in [-0.2, 0) is 6.54 Å². The number of nitrogens with two attached hydrogens (primary N) is 1. The molecule has 0 unspecified atom stereocenters. The number of hydrogen-bond donors (Lipinski definition) is 3. The quantitative estimate of drug-likeness (QED) is 0.585. The van der Waals surface area contributed by atoms with Crippen molar-refractivity contribution in [1.29, 1.82) is 5.41 Å². The fourth-order valence-electron chi connectivity index (χ4n) is 2.89. The minimum atomic E-state index is -0.124. The van der Waals surface area contributed by atoms with Crippen molar-refractivity contribution < 1.29 is 9.53 Å². The van der Waals surface area contributed by atoms with E-state index < -0.39 is 0 Å². The highest BCUT2D eigenvalue weighted by Gasteiger charge is 2.20. The highest BCUT2D eigenvalue weighted by molar-refractivity contribution is 5.95. The number of nitrogens with zero attached hydrogens (tertiary/aromatic N) is 1. The maximum absolute atomic E-state index is 11.9. The lowest BCUT2D eigenvalue weighted by atomic mass is 9.97. The highest BCUT2D eigenvalue weighted by atomic mass is 16.5. The summed E-state index contributed by atoms with van der Waals surface area (Å²) in [5.74, 6) is 0.783. The molecule has 1 aliphatic rings. The minimum absolute atomic E-state index is 0.124. The van der Waals surface area contributed by atoms with E-state index in [9.17, 15) is 4.79 Å². The Labute approximate surface area is 140 Å². The number of benzene rings is 2. The van der Waals surface area contributed by atoms with Crippen molar-refractivity contribution in [2.24, 2.45) is 0 Å². The molecule has 0 atom stereocenters. The van der Waals surface area contributed by atoms with Gasteiger partial charge in [0.25, 0.3) is 0 Å². The van der Waals surface area contributed by atoms with Crippen molar-refractivity contribution in [2.45, 2.75) is 6.54 Å². The first-order valence-corrected chi connectivity index (χ1v) is 7.75. The zero-order valence-corrected chi connectivity index (χ0v) is 13.5. The first-order valence-electron chi connectivity index (χ1n) is 7.75. The Bertz CT molecular complexity index is 789. The van der Waals surface area contributed by atoms with Gasteiger partial charge in [0.1, 0.15) is 12.4 Å². The molecule has 3 rings (SSSR count). The van der Waals surface area contributed by atoms with Gasteiger partial charge in [-0.15, -0.1) is 0 Å². The zero-order chi connectivity index (χ0) is 17.1. The first kappa shape index (κ1) is 15.9. The normalized spacial score (nSPS) is 13.5. The molecule has 1 heterocycles. The molecule has 6 nitrogen and oxygen atoms in total. The Kier molecular flexibility index (Phi) is 4.37. The van der Waals surface area contributed by atoms with Gasteiger partial charge in [-0.05, 0) is 29.3 Å². The Morgan fingerprint density at radius 3 is 2.96 bits per heavy atom. The summed E-state index contributed by atoms with van der Waals surface area (Å²) in [5.41, 5.74) is 10.0. The molecule has 0 saturated carbocycles. The van der Waals surface area contributed by atoms with Gasteiger partial charge in [0.15, 0.2) is 0 Å². The number of hydrogen-bond acceptors (Lipinski definition) is 4. The molecule has 6 heteroatoms. The molecule has 124 valence electrons. The average molecular weight is 324 g/mol. The molecular weight excluding hydrogens is 304 g/mol. The van der Waals surface area contributed by atoms with Crippen molar-refractivity contribution in [3.8, 4) is 16.9 Å². The van der Waals surface area contributed by atoms with E-state index in [0.29, 0.717) is 30.9 Å². The van der Waals surface area contributed by atoms with Gasteiger partial charge in [0.05, 0.1) is 13.1 Å². The third-order valence-corrected chi connectivity index (χ3v) is 4.14. The molecule has 0 fully saturated rings. The van der Waals surface area contributed by atoms with Crippen LogP contribution in [-0.4, -0.2) is 37.3 Å². The molecular formula is C18H20N4O2. The van der Waals surface area contributed by atoms with Crippen LogP contribution in [0.1, 0.15) is 11.1 Å². The molecule has 2 aromatic carbocycles. The third-order valence-electron chi connectivity index (χ3n) is 4.14. The summed E-state index contributed by atoms with van der Waals surface area (Å²) in [6.07, 6.45) is 1.27. The monoisotopic (exact) mass is 324 g/mol. The van der Waals surface area contributed by atoms with Gasteiger partial charge in [-0.1, -0.05) is 18.2 Å². The Morgan fingerprint density at radius 1 is 1.38 bits per heavy atom. The number of rotatable bonds is 2. The summed E-state index contributed by atoms with van der Waals surface area (Å²) >= 11 is 0. The van der Waals surface area contributed by atoms with E-state index in [4.69, 9.17) is 15.9 Å². The van der Waals surface area contributed by atoms with Gasteiger partial charge in [-0.2, -0.15) is 0 Å². The SMILES string of the molecule is CNC(=O)N1CCOc2ccc(-c3cccc(N)c3C=N)cc2C1. The molecule has 0 bridgehead atoms. The highest BCUT2D eigenvalue weighted by Crippen LogP contribution is 2.32. The second kappa shape index (κ2) is 6.62. The molecule has 0 aromatic heterocycles. The Morgan fingerprint density at radius 2 is 2.21 bits per heavy atom. The van der Waals surface area contributed by atoms with Crippen LogP contribution in [0.4, 0.5) is 10.5 Å². The second-order valence-corrected chi connectivity index (χ2v) is 5.60. The third kappa shape index (κ3) is 2.90. The fourth-order valence-corrected chi connectivity index (χ4v) is 2.89. The fraction of sp³-hybridized carbons (Fsp3) is 0.222. The number of fused-ring (bicyclic) bond motifs is 1. The Hall–Kier alpha value is -3.02. The lowest BCUT2D eigenvalue weighted by Crippen LogP contribution is -2.38. The van der Waals surface area contributed by atoms with E-state index >= 15 is 0 Å². The van der Waals surface area contributed by atoms with Gasteiger partial charge in [-0.3, -0.25) is 0 Å². The average Bonchev–Trinajstić information content (AvgIpc) is 2.82. The lowest BCUT2D eigenvalue weighted by Gasteiger charge is -2.19. The number of carbonyl (C=O) groups excluding carboxylic acids is 1. The number of nitrogen functional groups attached to an aromatic ring is 1. The van der Waals surface area contributed by atoms with E-state index in [1.54, 1.807) is 18.0 Å².